The Morgan fingerprint density at radius 1 is 1.11 bits per heavy atom. The maximum absolute atomic E-state index is 4.69. The van der Waals surface area contributed by atoms with Gasteiger partial charge in [0, 0.05) is 6.20 Å². The van der Waals surface area contributed by atoms with Crippen LogP contribution in [0.1, 0.15) is 52.7 Å². The highest BCUT2D eigenvalue weighted by molar-refractivity contribution is 8.63. The van der Waals surface area contributed by atoms with Gasteiger partial charge in [0.15, 0.2) is 0 Å². The average molecular weight is 319 g/mol. The summed E-state index contributed by atoms with van der Waals surface area (Å²) in [6.07, 6.45) is 1.98. The fourth-order valence-electron chi connectivity index (χ4n) is 2.06. The molecule has 0 aliphatic heterocycles. The highest BCUT2D eigenvalue weighted by Crippen LogP contribution is 2.65. The summed E-state index contributed by atoms with van der Waals surface area (Å²) >= 11 is 0. The molecule has 0 aliphatic carbocycles. The minimum atomic E-state index is -0.226. The van der Waals surface area contributed by atoms with Gasteiger partial charge in [-0.15, -0.1) is 17.9 Å². The fraction of sp³-hybridized carbons (Fsp3) is 0.615. The molecule has 0 bridgehead atoms. The smallest absolute Gasteiger partial charge is 0.0753 e. The molecule has 1 aromatic rings. The van der Waals surface area contributed by atoms with Gasteiger partial charge in [-0.3, -0.25) is 4.98 Å². The second-order valence-corrected chi connectivity index (χ2v) is 15.6. The summed E-state index contributed by atoms with van der Waals surface area (Å²) in [5.74, 6) is 0. The topological polar surface area (TPSA) is 12.9 Å². The van der Waals surface area contributed by atoms with E-state index in [1.165, 1.54) is 16.6 Å². The van der Waals surface area contributed by atoms with Crippen molar-refractivity contribution in [1.29, 1.82) is 0 Å². The number of nitrogens with zero attached hydrogens (tertiary/aromatic N) is 1. The normalized spacial score (nSPS) is 15.3. The summed E-state index contributed by atoms with van der Waals surface area (Å²) in [6, 6.07) is 2.20. The van der Waals surface area contributed by atoms with Crippen molar-refractivity contribution in [2.24, 2.45) is 0 Å². The first kappa shape index (κ1) is 16.9. The Kier molecular flexibility index (Phi) is 5.74. The number of rotatable bonds is 2. The number of hydrogen-bond donors (Lipinski definition) is 0. The van der Waals surface area contributed by atoms with Gasteiger partial charge < -0.3 is 0 Å². The summed E-state index contributed by atoms with van der Waals surface area (Å²) < 4.78 is 0. The molecule has 1 heterocycles. The molecule has 5 heteroatoms. The van der Waals surface area contributed by atoms with Crippen LogP contribution in [-0.4, -0.2) is 4.98 Å². The Labute approximate surface area is 119 Å². The second kappa shape index (κ2) is 6.10. The Bertz CT molecular complexity index is 418. The van der Waals surface area contributed by atoms with E-state index >= 15 is 0 Å². The van der Waals surface area contributed by atoms with Crippen molar-refractivity contribution in [3.8, 4) is 0 Å². The van der Waals surface area contributed by atoms with E-state index < -0.39 is 0 Å². The van der Waals surface area contributed by atoms with Crippen molar-refractivity contribution in [3.05, 3.63) is 23.4 Å². The molecule has 0 fully saturated rings. The molecule has 0 radical (unpaired) electrons. The molecule has 0 N–H and O–H groups in total. The molecule has 18 heavy (non-hydrogen) atoms. The van der Waals surface area contributed by atoms with Crippen molar-refractivity contribution in [3.63, 3.8) is 0 Å². The molecule has 102 valence electrons. The first-order valence-corrected chi connectivity index (χ1v) is 12.7. The van der Waals surface area contributed by atoms with Crippen LogP contribution in [0.15, 0.2) is 12.3 Å². The summed E-state index contributed by atoms with van der Waals surface area (Å²) in [5, 5.41) is 0. The van der Waals surface area contributed by atoms with E-state index in [0.717, 1.165) is 7.96 Å². The fourth-order valence-corrected chi connectivity index (χ4v) is 5.63. The highest BCUT2D eigenvalue weighted by Gasteiger charge is 2.29. The maximum atomic E-state index is 4.69. The molecule has 4 atom stereocenters. The zero-order valence-electron chi connectivity index (χ0n) is 12.2. The van der Waals surface area contributed by atoms with Crippen molar-refractivity contribution in [2.45, 2.75) is 52.4 Å². The van der Waals surface area contributed by atoms with Gasteiger partial charge in [0.2, 0.25) is 0 Å². The SMILES string of the molecule is CC(C)(C)c1ccnc(P(P)PP)c1C(C)(C)C. The van der Waals surface area contributed by atoms with E-state index in [0.29, 0.717) is 0 Å². The highest BCUT2D eigenvalue weighted by atomic mass is 32.6. The lowest BCUT2D eigenvalue weighted by Crippen LogP contribution is -2.29. The molecular formula is C13H25NP4. The first-order valence-electron chi connectivity index (χ1n) is 6.10. The van der Waals surface area contributed by atoms with Gasteiger partial charge in [0.05, 0.1) is 5.44 Å². The summed E-state index contributed by atoms with van der Waals surface area (Å²) in [4.78, 5) is 4.69. The van der Waals surface area contributed by atoms with Crippen LogP contribution in [0.5, 0.6) is 0 Å². The number of pyridine rings is 1. The minimum Gasteiger partial charge on any atom is -0.255 e. The summed E-state index contributed by atoms with van der Waals surface area (Å²) in [6.45, 7) is 13.7. The predicted octanol–water partition coefficient (Wildman–Crippen LogP) is 4.96. The third-order valence-electron chi connectivity index (χ3n) is 2.86. The molecule has 0 amide bonds. The van der Waals surface area contributed by atoms with Crippen molar-refractivity contribution < 1.29 is 0 Å². The van der Waals surface area contributed by atoms with Gasteiger partial charge >= 0.3 is 0 Å². The second-order valence-electron chi connectivity index (χ2n) is 6.56. The van der Waals surface area contributed by atoms with Crippen molar-refractivity contribution >= 4 is 38.5 Å². The van der Waals surface area contributed by atoms with E-state index in [-0.39, 0.29) is 18.1 Å². The Morgan fingerprint density at radius 3 is 2.06 bits per heavy atom. The molecule has 0 saturated heterocycles. The van der Waals surface area contributed by atoms with Gasteiger partial charge in [0.25, 0.3) is 0 Å². The van der Waals surface area contributed by atoms with E-state index in [2.05, 4.69) is 65.5 Å². The minimum absolute atomic E-state index is 0.147. The summed E-state index contributed by atoms with van der Waals surface area (Å²) in [5.41, 5.74) is 4.52. The van der Waals surface area contributed by atoms with Crippen LogP contribution in [-0.2, 0) is 10.8 Å². The van der Waals surface area contributed by atoms with Crippen LogP contribution >= 0.6 is 33.1 Å². The van der Waals surface area contributed by atoms with E-state index in [4.69, 9.17) is 4.98 Å². The van der Waals surface area contributed by atoms with E-state index in [1.54, 1.807) is 0 Å². The van der Waals surface area contributed by atoms with E-state index in [9.17, 15) is 0 Å². The molecule has 4 unspecified atom stereocenters. The van der Waals surface area contributed by atoms with Crippen LogP contribution in [0.3, 0.4) is 0 Å². The van der Waals surface area contributed by atoms with Crippen LogP contribution in [0, 0.1) is 0 Å². The maximum Gasteiger partial charge on any atom is 0.0753 e. The van der Waals surface area contributed by atoms with E-state index in [1.807, 2.05) is 6.20 Å². The standard InChI is InChI=1S/C13H25NP4/c1-12(2,3)9-7-8-14-11(18(16)17-15)10(9)13(4,5)6/h7-8,17H,15-16H2,1-6H3. The number of aromatic nitrogens is 1. The molecular weight excluding hydrogens is 294 g/mol. The average Bonchev–Trinajstić information content (AvgIpc) is 2.24. The lowest BCUT2D eigenvalue weighted by Gasteiger charge is -2.32. The van der Waals surface area contributed by atoms with Crippen LogP contribution in [0.4, 0.5) is 0 Å². The third kappa shape index (κ3) is 3.93. The van der Waals surface area contributed by atoms with Gasteiger partial charge in [0.1, 0.15) is 0 Å². The molecule has 1 aromatic heterocycles. The van der Waals surface area contributed by atoms with Crippen molar-refractivity contribution in [1.82, 2.24) is 4.98 Å². The molecule has 0 saturated carbocycles. The monoisotopic (exact) mass is 319 g/mol. The predicted molar refractivity (Wildman–Crippen MR) is 95.9 cm³/mol. The largest absolute Gasteiger partial charge is 0.255 e. The lowest BCUT2D eigenvalue weighted by molar-refractivity contribution is 0.531. The molecule has 0 aromatic carbocycles. The van der Waals surface area contributed by atoms with Gasteiger partial charge in [-0.25, -0.2) is 0 Å². The molecule has 0 aliphatic rings. The van der Waals surface area contributed by atoms with Crippen molar-refractivity contribution in [2.75, 3.05) is 0 Å². The Hall–Kier alpha value is 0.870. The molecule has 1 nitrogen and oxygen atoms in total. The molecule has 1 rings (SSSR count). The van der Waals surface area contributed by atoms with Crippen LogP contribution in [0.25, 0.3) is 0 Å². The lowest BCUT2D eigenvalue weighted by atomic mass is 9.76. The molecule has 0 spiro atoms. The first-order chi connectivity index (χ1) is 8.09. The van der Waals surface area contributed by atoms with Gasteiger partial charge in [-0.05, 0) is 35.3 Å². The summed E-state index contributed by atoms with van der Waals surface area (Å²) in [7, 11) is 6.49. The van der Waals surface area contributed by atoms with Crippen LogP contribution < -0.4 is 5.44 Å². The quantitative estimate of drug-likeness (QED) is 0.702. The van der Waals surface area contributed by atoms with Gasteiger partial charge in [-0.1, -0.05) is 49.5 Å². The van der Waals surface area contributed by atoms with Gasteiger partial charge in [-0.2, -0.15) is 0 Å². The van der Waals surface area contributed by atoms with Crippen LogP contribution in [0.2, 0.25) is 0 Å². The number of hydrogen-bond acceptors (Lipinski definition) is 1. The zero-order chi connectivity index (χ0) is 14.1. The Morgan fingerprint density at radius 2 is 1.67 bits per heavy atom. The third-order valence-corrected chi connectivity index (χ3v) is 12.7. The Balaban J connectivity index is 3.56. The zero-order valence-corrected chi connectivity index (χ0v) is 16.4.